The van der Waals surface area contributed by atoms with Crippen LogP contribution in [0.4, 0.5) is 5.69 Å². The molecule has 0 amide bonds. The van der Waals surface area contributed by atoms with E-state index in [-0.39, 0.29) is 24.0 Å². The van der Waals surface area contributed by atoms with Crippen LogP contribution >= 0.6 is 24.0 Å². The van der Waals surface area contributed by atoms with Crippen LogP contribution in [-0.2, 0) is 6.54 Å². The number of aliphatic imine (C=N–C) groups is 1. The van der Waals surface area contributed by atoms with E-state index in [0.29, 0.717) is 24.0 Å². The standard InChI is InChI=1S/C21H25N5O3.HI/c1-22-21(24-15-5-10-19(28-3)20(13-15)29-4)23-14-16-11-12-26(25-16)17-6-8-18(27-2)9-7-17;/h5-13H,14H2,1-4H3,(H2,22,23,24);1H. The lowest BCUT2D eigenvalue weighted by molar-refractivity contribution is 0.355. The molecule has 160 valence electrons. The number of guanidine groups is 1. The van der Waals surface area contributed by atoms with Gasteiger partial charge in [-0.05, 0) is 42.5 Å². The maximum atomic E-state index is 5.33. The zero-order chi connectivity index (χ0) is 20.6. The number of nitrogens with one attached hydrogen (secondary N) is 2. The van der Waals surface area contributed by atoms with Gasteiger partial charge in [0.05, 0.1) is 39.3 Å². The Labute approximate surface area is 193 Å². The highest BCUT2D eigenvalue weighted by Gasteiger charge is 2.07. The van der Waals surface area contributed by atoms with Crippen LogP contribution in [0.1, 0.15) is 5.69 Å². The molecule has 0 saturated carbocycles. The second-order valence-electron chi connectivity index (χ2n) is 6.07. The number of nitrogens with zero attached hydrogens (tertiary/aromatic N) is 3. The van der Waals surface area contributed by atoms with E-state index in [1.54, 1.807) is 28.4 Å². The van der Waals surface area contributed by atoms with E-state index in [1.807, 2.05) is 59.4 Å². The summed E-state index contributed by atoms with van der Waals surface area (Å²) in [4.78, 5) is 4.25. The molecule has 3 rings (SSSR count). The van der Waals surface area contributed by atoms with Crippen LogP contribution in [0.3, 0.4) is 0 Å². The second kappa shape index (κ2) is 11.3. The van der Waals surface area contributed by atoms with Crippen molar-refractivity contribution in [1.29, 1.82) is 0 Å². The van der Waals surface area contributed by atoms with Crippen LogP contribution in [0.15, 0.2) is 59.7 Å². The van der Waals surface area contributed by atoms with Crippen LogP contribution in [0.2, 0.25) is 0 Å². The van der Waals surface area contributed by atoms with Crippen molar-refractivity contribution in [2.45, 2.75) is 6.54 Å². The molecule has 3 aromatic rings. The molecule has 2 aromatic carbocycles. The molecule has 2 N–H and O–H groups in total. The molecule has 0 spiro atoms. The number of benzene rings is 2. The summed E-state index contributed by atoms with van der Waals surface area (Å²) in [5.41, 5.74) is 2.68. The number of hydrogen-bond acceptors (Lipinski definition) is 5. The molecule has 8 nitrogen and oxygen atoms in total. The van der Waals surface area contributed by atoms with Gasteiger partial charge in [-0.2, -0.15) is 5.10 Å². The third-order valence-electron chi connectivity index (χ3n) is 4.29. The Hall–Kier alpha value is -2.95. The van der Waals surface area contributed by atoms with Gasteiger partial charge in [0, 0.05) is 25.0 Å². The minimum absolute atomic E-state index is 0. The maximum absolute atomic E-state index is 5.33. The predicted octanol–water partition coefficient (Wildman–Crippen LogP) is 3.70. The van der Waals surface area contributed by atoms with Gasteiger partial charge in [-0.1, -0.05) is 0 Å². The molecule has 9 heteroatoms. The number of methoxy groups -OCH3 is 3. The molecule has 0 fully saturated rings. The van der Waals surface area contributed by atoms with Gasteiger partial charge in [-0.3, -0.25) is 4.99 Å². The lowest BCUT2D eigenvalue weighted by atomic mass is 10.3. The first-order valence-corrected chi connectivity index (χ1v) is 9.05. The van der Waals surface area contributed by atoms with Crippen molar-refractivity contribution >= 4 is 35.6 Å². The van der Waals surface area contributed by atoms with Crippen LogP contribution in [0.25, 0.3) is 5.69 Å². The lowest BCUT2D eigenvalue weighted by Gasteiger charge is -2.13. The van der Waals surface area contributed by atoms with E-state index in [9.17, 15) is 0 Å². The van der Waals surface area contributed by atoms with E-state index in [0.717, 1.165) is 22.8 Å². The Morgan fingerprint density at radius 2 is 1.70 bits per heavy atom. The van der Waals surface area contributed by atoms with E-state index in [4.69, 9.17) is 14.2 Å². The highest BCUT2D eigenvalue weighted by Crippen LogP contribution is 2.29. The highest BCUT2D eigenvalue weighted by molar-refractivity contribution is 14.0. The first-order chi connectivity index (χ1) is 14.2. The predicted molar refractivity (Wildman–Crippen MR) is 129 cm³/mol. The topological polar surface area (TPSA) is 81.9 Å². The minimum Gasteiger partial charge on any atom is -0.497 e. The average Bonchev–Trinajstić information content (AvgIpc) is 3.25. The Balaban J connectivity index is 0.00000320. The SMILES string of the molecule is CN=C(NCc1ccn(-c2ccc(OC)cc2)n1)Nc1ccc(OC)c(OC)c1.I. The van der Waals surface area contributed by atoms with E-state index in [1.165, 1.54) is 0 Å². The molecule has 0 atom stereocenters. The van der Waals surface area contributed by atoms with Gasteiger partial charge < -0.3 is 24.8 Å². The summed E-state index contributed by atoms with van der Waals surface area (Å²) in [6.45, 7) is 0.524. The Kier molecular flexibility index (Phi) is 8.78. The first-order valence-electron chi connectivity index (χ1n) is 9.05. The van der Waals surface area contributed by atoms with Crippen molar-refractivity contribution in [1.82, 2.24) is 15.1 Å². The van der Waals surface area contributed by atoms with Crippen LogP contribution in [-0.4, -0.2) is 44.1 Å². The molecule has 0 aliphatic carbocycles. The van der Waals surface area contributed by atoms with Gasteiger partial charge in [0.1, 0.15) is 5.75 Å². The molecule has 0 aliphatic heterocycles. The molecule has 1 heterocycles. The van der Waals surface area contributed by atoms with Crippen molar-refractivity contribution in [2.75, 3.05) is 33.7 Å². The van der Waals surface area contributed by atoms with E-state index in [2.05, 4.69) is 20.7 Å². The summed E-state index contributed by atoms with van der Waals surface area (Å²) in [7, 11) is 6.58. The van der Waals surface area contributed by atoms with Gasteiger partial charge in [0.25, 0.3) is 0 Å². The molecular weight excluding hydrogens is 497 g/mol. The average molecular weight is 523 g/mol. The fourth-order valence-electron chi connectivity index (χ4n) is 2.74. The normalized spacial score (nSPS) is 10.7. The second-order valence-corrected chi connectivity index (χ2v) is 6.07. The summed E-state index contributed by atoms with van der Waals surface area (Å²) in [5.74, 6) is 2.75. The summed E-state index contributed by atoms with van der Waals surface area (Å²) in [6, 6.07) is 15.3. The van der Waals surface area contributed by atoms with Crippen molar-refractivity contribution in [3.05, 3.63) is 60.4 Å². The summed E-state index contributed by atoms with van der Waals surface area (Å²) in [6.07, 6.45) is 1.92. The van der Waals surface area contributed by atoms with Crippen LogP contribution < -0.4 is 24.8 Å². The summed E-state index contributed by atoms with van der Waals surface area (Å²) in [5, 5.41) is 11.1. The number of rotatable bonds is 7. The number of hydrogen-bond donors (Lipinski definition) is 2. The molecule has 0 radical (unpaired) electrons. The van der Waals surface area contributed by atoms with E-state index >= 15 is 0 Å². The Bertz CT molecular complexity index is 973. The fourth-order valence-corrected chi connectivity index (χ4v) is 2.74. The highest BCUT2D eigenvalue weighted by atomic mass is 127. The zero-order valence-corrected chi connectivity index (χ0v) is 19.7. The zero-order valence-electron chi connectivity index (χ0n) is 17.4. The molecule has 1 aromatic heterocycles. The smallest absolute Gasteiger partial charge is 0.195 e. The number of aromatic nitrogens is 2. The number of ether oxygens (including phenoxy) is 3. The van der Waals surface area contributed by atoms with Gasteiger partial charge in [-0.15, -0.1) is 24.0 Å². The Morgan fingerprint density at radius 3 is 2.33 bits per heavy atom. The fraction of sp³-hybridized carbons (Fsp3) is 0.238. The third-order valence-corrected chi connectivity index (χ3v) is 4.29. The van der Waals surface area contributed by atoms with Gasteiger partial charge in [-0.25, -0.2) is 4.68 Å². The lowest BCUT2D eigenvalue weighted by Crippen LogP contribution is -2.30. The molecule has 30 heavy (non-hydrogen) atoms. The van der Waals surface area contributed by atoms with Crippen LogP contribution in [0.5, 0.6) is 17.2 Å². The van der Waals surface area contributed by atoms with Crippen molar-refractivity contribution in [3.63, 3.8) is 0 Å². The third kappa shape index (κ3) is 5.78. The molecule has 0 bridgehead atoms. The first kappa shape index (κ1) is 23.3. The molecule has 0 unspecified atom stereocenters. The van der Waals surface area contributed by atoms with Crippen molar-refractivity contribution < 1.29 is 14.2 Å². The number of anilines is 1. The molecular formula is C21H26IN5O3. The van der Waals surface area contributed by atoms with Gasteiger partial charge in [0.2, 0.25) is 0 Å². The van der Waals surface area contributed by atoms with E-state index < -0.39 is 0 Å². The minimum atomic E-state index is 0. The maximum Gasteiger partial charge on any atom is 0.195 e. The van der Waals surface area contributed by atoms with Gasteiger partial charge >= 0.3 is 0 Å². The summed E-state index contributed by atoms with van der Waals surface area (Å²) >= 11 is 0. The Morgan fingerprint density at radius 1 is 0.967 bits per heavy atom. The monoisotopic (exact) mass is 523 g/mol. The molecule has 0 saturated heterocycles. The largest absolute Gasteiger partial charge is 0.497 e. The number of halogens is 1. The van der Waals surface area contributed by atoms with Gasteiger partial charge in [0.15, 0.2) is 17.5 Å². The van der Waals surface area contributed by atoms with Crippen molar-refractivity contribution in [2.24, 2.45) is 4.99 Å². The summed E-state index contributed by atoms with van der Waals surface area (Å²) < 4.78 is 17.6. The van der Waals surface area contributed by atoms with Crippen LogP contribution in [0, 0.1) is 0 Å². The molecule has 0 aliphatic rings. The quantitative estimate of drug-likeness (QED) is 0.279. The van der Waals surface area contributed by atoms with Crippen molar-refractivity contribution in [3.8, 4) is 22.9 Å².